The van der Waals surface area contributed by atoms with Crippen LogP contribution in [0.4, 0.5) is 0 Å². The molecule has 0 amide bonds. The van der Waals surface area contributed by atoms with E-state index in [2.05, 4.69) is 0 Å². The van der Waals surface area contributed by atoms with Crippen LogP contribution < -0.4 is 0 Å². The summed E-state index contributed by atoms with van der Waals surface area (Å²) in [5.41, 5.74) is 1.02. The monoisotopic (exact) mass is 295 g/mol. The van der Waals surface area contributed by atoms with Crippen molar-refractivity contribution in [2.75, 3.05) is 0 Å². The van der Waals surface area contributed by atoms with Crippen molar-refractivity contribution in [3.8, 4) is 0 Å². The van der Waals surface area contributed by atoms with Crippen molar-refractivity contribution in [2.45, 2.75) is 44.6 Å². The molecule has 22 heavy (non-hydrogen) atoms. The number of benzene rings is 1. The Kier molecular flexibility index (Phi) is 2.59. The molecule has 0 radical (unpaired) electrons. The standard InChI is InChI=1S/C19H21NO2/c21-18-16(20-17(22-18)15-4-2-1-3-5-15)19-9-12-6-13(10-19)8-14(7-12)11-19/h1-5,12-14,16H,6-11H2/t12?,13?,14?,16-,19?/m1/s1. The van der Waals surface area contributed by atoms with Gasteiger partial charge in [-0.2, -0.15) is 0 Å². The van der Waals surface area contributed by atoms with Gasteiger partial charge in [-0.3, -0.25) is 0 Å². The third-order valence-corrected chi connectivity index (χ3v) is 6.35. The van der Waals surface area contributed by atoms with Gasteiger partial charge >= 0.3 is 5.97 Å². The molecular formula is C19H21NO2. The minimum Gasteiger partial charge on any atom is -0.406 e. The molecular weight excluding hydrogens is 274 g/mol. The van der Waals surface area contributed by atoms with E-state index in [0.29, 0.717) is 5.90 Å². The van der Waals surface area contributed by atoms with E-state index in [1.54, 1.807) is 0 Å². The van der Waals surface area contributed by atoms with E-state index < -0.39 is 0 Å². The number of aliphatic imine (C=N–C) groups is 1. The summed E-state index contributed by atoms with van der Waals surface area (Å²) < 4.78 is 5.56. The predicted molar refractivity (Wildman–Crippen MR) is 83.5 cm³/mol. The van der Waals surface area contributed by atoms with Gasteiger partial charge in [0, 0.05) is 11.0 Å². The first-order chi connectivity index (χ1) is 10.7. The molecule has 1 atom stereocenters. The average Bonchev–Trinajstić information content (AvgIpc) is 2.90. The zero-order valence-electron chi connectivity index (χ0n) is 12.7. The highest BCUT2D eigenvalue weighted by molar-refractivity contribution is 6.06. The Morgan fingerprint density at radius 2 is 1.55 bits per heavy atom. The first-order valence-corrected chi connectivity index (χ1v) is 8.57. The zero-order chi connectivity index (χ0) is 14.7. The number of esters is 1. The van der Waals surface area contributed by atoms with E-state index in [0.717, 1.165) is 23.3 Å². The normalized spacial score (nSPS) is 42.4. The Morgan fingerprint density at radius 3 is 2.14 bits per heavy atom. The van der Waals surface area contributed by atoms with Gasteiger partial charge in [0.25, 0.3) is 0 Å². The zero-order valence-corrected chi connectivity index (χ0v) is 12.7. The molecule has 3 nitrogen and oxygen atoms in total. The minimum atomic E-state index is -0.254. The Bertz CT molecular complexity index is 613. The Morgan fingerprint density at radius 1 is 0.955 bits per heavy atom. The maximum Gasteiger partial charge on any atom is 0.338 e. The molecule has 0 spiro atoms. The fraction of sp³-hybridized carbons (Fsp3) is 0.579. The molecule has 0 unspecified atom stereocenters. The fourth-order valence-electron chi connectivity index (χ4n) is 5.96. The van der Waals surface area contributed by atoms with Crippen molar-refractivity contribution in [3.05, 3.63) is 35.9 Å². The average molecular weight is 295 g/mol. The summed E-state index contributed by atoms with van der Waals surface area (Å²) in [6, 6.07) is 9.57. The molecule has 1 aliphatic heterocycles. The highest BCUT2D eigenvalue weighted by Gasteiger charge is 2.58. The molecule has 1 aromatic rings. The van der Waals surface area contributed by atoms with Crippen molar-refractivity contribution >= 4 is 11.9 Å². The number of ether oxygens (including phenoxy) is 1. The number of carbonyl (C=O) groups excluding carboxylic acids is 1. The van der Waals surface area contributed by atoms with E-state index in [4.69, 9.17) is 9.73 Å². The quantitative estimate of drug-likeness (QED) is 0.782. The molecule has 0 saturated heterocycles. The minimum absolute atomic E-state index is 0.0996. The Hall–Kier alpha value is -1.64. The van der Waals surface area contributed by atoms with Crippen LogP contribution in [0, 0.1) is 23.2 Å². The van der Waals surface area contributed by atoms with Crippen molar-refractivity contribution in [2.24, 2.45) is 28.2 Å². The van der Waals surface area contributed by atoms with Gasteiger partial charge in [-0.15, -0.1) is 0 Å². The SMILES string of the molecule is O=C1OC(c2ccccc2)=N[C@H]1C12CC3CC(CC(C3)C1)C2. The van der Waals surface area contributed by atoms with E-state index in [1.807, 2.05) is 30.3 Å². The second-order valence-corrected chi connectivity index (χ2v) is 7.90. The van der Waals surface area contributed by atoms with Gasteiger partial charge in [0.05, 0.1) is 0 Å². The van der Waals surface area contributed by atoms with Gasteiger partial charge in [0.1, 0.15) is 0 Å². The van der Waals surface area contributed by atoms with Crippen molar-refractivity contribution in [1.82, 2.24) is 0 Å². The number of cyclic esters (lactones) is 1. The van der Waals surface area contributed by atoms with Crippen LogP contribution in [0.5, 0.6) is 0 Å². The molecule has 4 aliphatic carbocycles. The first kappa shape index (κ1) is 12.9. The van der Waals surface area contributed by atoms with Crippen LogP contribution in [0.2, 0.25) is 0 Å². The number of rotatable bonds is 2. The maximum atomic E-state index is 12.5. The highest BCUT2D eigenvalue weighted by Crippen LogP contribution is 2.62. The van der Waals surface area contributed by atoms with Crippen LogP contribution >= 0.6 is 0 Å². The summed E-state index contributed by atoms with van der Waals surface area (Å²) in [5, 5.41) is 0. The van der Waals surface area contributed by atoms with E-state index >= 15 is 0 Å². The smallest absolute Gasteiger partial charge is 0.338 e. The molecule has 3 heteroatoms. The lowest BCUT2D eigenvalue weighted by molar-refractivity contribution is -0.144. The largest absolute Gasteiger partial charge is 0.406 e. The van der Waals surface area contributed by atoms with Crippen LogP contribution in [0.3, 0.4) is 0 Å². The van der Waals surface area contributed by atoms with Gasteiger partial charge in [0.2, 0.25) is 5.90 Å². The summed E-state index contributed by atoms with van der Waals surface area (Å²) in [7, 11) is 0. The van der Waals surface area contributed by atoms with Crippen molar-refractivity contribution in [3.63, 3.8) is 0 Å². The third-order valence-electron chi connectivity index (χ3n) is 6.35. The van der Waals surface area contributed by atoms with Crippen LogP contribution in [0.25, 0.3) is 0 Å². The molecule has 0 aromatic heterocycles. The van der Waals surface area contributed by atoms with Gasteiger partial charge < -0.3 is 4.74 Å². The second-order valence-electron chi connectivity index (χ2n) is 7.90. The maximum absolute atomic E-state index is 12.5. The fourth-order valence-corrected chi connectivity index (χ4v) is 5.96. The molecule has 5 aliphatic rings. The number of hydrogen-bond acceptors (Lipinski definition) is 3. The molecule has 1 aromatic carbocycles. The van der Waals surface area contributed by atoms with E-state index in [-0.39, 0.29) is 17.4 Å². The summed E-state index contributed by atoms with van der Waals surface area (Å²) in [4.78, 5) is 17.3. The van der Waals surface area contributed by atoms with Gasteiger partial charge in [-0.25, -0.2) is 9.79 Å². The Labute approximate surface area is 130 Å². The highest BCUT2D eigenvalue weighted by atomic mass is 16.6. The summed E-state index contributed by atoms with van der Waals surface area (Å²) in [6.45, 7) is 0. The lowest BCUT2D eigenvalue weighted by atomic mass is 9.48. The number of carbonyl (C=O) groups is 1. The molecule has 4 saturated carbocycles. The van der Waals surface area contributed by atoms with Gasteiger partial charge in [0.15, 0.2) is 6.04 Å². The lowest BCUT2D eigenvalue weighted by Gasteiger charge is -2.57. The molecule has 0 N–H and O–H groups in total. The van der Waals surface area contributed by atoms with Crippen molar-refractivity contribution in [1.29, 1.82) is 0 Å². The van der Waals surface area contributed by atoms with E-state index in [9.17, 15) is 4.79 Å². The lowest BCUT2D eigenvalue weighted by Crippen LogP contribution is -2.52. The third kappa shape index (κ3) is 1.81. The molecule has 4 fully saturated rings. The Balaban J connectivity index is 1.50. The topological polar surface area (TPSA) is 38.7 Å². The number of nitrogens with zero attached hydrogens (tertiary/aromatic N) is 1. The molecule has 6 rings (SSSR count). The van der Waals surface area contributed by atoms with E-state index in [1.165, 1.54) is 38.5 Å². The molecule has 4 bridgehead atoms. The van der Waals surface area contributed by atoms with Crippen LogP contribution in [-0.2, 0) is 9.53 Å². The molecule has 1 heterocycles. The van der Waals surface area contributed by atoms with Gasteiger partial charge in [-0.05, 0) is 68.4 Å². The second kappa shape index (κ2) is 4.43. The predicted octanol–water partition coefficient (Wildman–Crippen LogP) is 3.58. The van der Waals surface area contributed by atoms with Crippen LogP contribution in [-0.4, -0.2) is 17.9 Å². The van der Waals surface area contributed by atoms with Crippen molar-refractivity contribution < 1.29 is 9.53 Å². The van der Waals surface area contributed by atoms with Gasteiger partial charge in [-0.1, -0.05) is 18.2 Å². The van der Waals surface area contributed by atoms with Crippen LogP contribution in [0.15, 0.2) is 35.3 Å². The summed E-state index contributed by atoms with van der Waals surface area (Å²) in [5.74, 6) is 2.91. The summed E-state index contributed by atoms with van der Waals surface area (Å²) >= 11 is 0. The van der Waals surface area contributed by atoms with Crippen LogP contribution in [0.1, 0.15) is 44.1 Å². The first-order valence-electron chi connectivity index (χ1n) is 8.57. The summed E-state index contributed by atoms with van der Waals surface area (Å²) in [6.07, 6.45) is 7.71. The molecule has 114 valence electrons. The number of hydrogen-bond donors (Lipinski definition) is 0.